The maximum atomic E-state index is 11.8. The summed E-state index contributed by atoms with van der Waals surface area (Å²) < 4.78 is 28.6. The van der Waals surface area contributed by atoms with E-state index in [4.69, 9.17) is 9.84 Å². The van der Waals surface area contributed by atoms with Gasteiger partial charge in [0, 0.05) is 4.88 Å². The van der Waals surface area contributed by atoms with Crippen molar-refractivity contribution in [3.8, 4) is 0 Å². The van der Waals surface area contributed by atoms with Crippen molar-refractivity contribution >= 4 is 33.1 Å². The Kier molecular flexibility index (Phi) is 4.93. The molecule has 1 N–H and O–H groups in total. The minimum Gasteiger partial charge on any atom is -0.477 e. The largest absolute Gasteiger partial charge is 0.477 e. The van der Waals surface area contributed by atoms with E-state index < -0.39 is 33.1 Å². The van der Waals surface area contributed by atoms with E-state index in [2.05, 4.69) is 0 Å². The molecular weight excluding hydrogens is 304 g/mol. The van der Waals surface area contributed by atoms with Crippen molar-refractivity contribution in [2.45, 2.75) is 32.1 Å². The number of aromatic carboxylic acids is 1. The standard InChI is InChI=1S/C12H16O6S2/c1-12(2,3)18-10(13)7-20(16,17)6-8-4-5-9(19-8)11(14)15/h4-5H,6-7H2,1-3H3,(H,14,15). The van der Waals surface area contributed by atoms with Gasteiger partial charge in [0.05, 0.1) is 5.75 Å². The Morgan fingerprint density at radius 1 is 1.30 bits per heavy atom. The van der Waals surface area contributed by atoms with Crippen LogP contribution in [0, 0.1) is 0 Å². The van der Waals surface area contributed by atoms with Crippen molar-refractivity contribution in [2.24, 2.45) is 0 Å². The van der Waals surface area contributed by atoms with Gasteiger partial charge in [-0.2, -0.15) is 0 Å². The molecule has 0 saturated carbocycles. The van der Waals surface area contributed by atoms with Crippen LogP contribution in [0.2, 0.25) is 0 Å². The lowest BCUT2D eigenvalue weighted by Gasteiger charge is -2.19. The number of carbonyl (C=O) groups excluding carboxylic acids is 1. The van der Waals surface area contributed by atoms with Gasteiger partial charge in [-0.15, -0.1) is 11.3 Å². The molecule has 6 nitrogen and oxygen atoms in total. The molecule has 20 heavy (non-hydrogen) atoms. The number of rotatable bonds is 5. The van der Waals surface area contributed by atoms with Gasteiger partial charge in [-0.1, -0.05) is 0 Å². The molecule has 1 rings (SSSR count). The van der Waals surface area contributed by atoms with E-state index in [1.165, 1.54) is 12.1 Å². The summed E-state index contributed by atoms with van der Waals surface area (Å²) in [7, 11) is -3.68. The van der Waals surface area contributed by atoms with E-state index in [1.54, 1.807) is 20.8 Å². The second-order valence-electron chi connectivity index (χ2n) is 5.19. The van der Waals surface area contributed by atoms with Crippen LogP contribution in [0.1, 0.15) is 35.3 Å². The molecule has 0 atom stereocenters. The fourth-order valence-electron chi connectivity index (χ4n) is 1.39. The number of thiophene rings is 1. The van der Waals surface area contributed by atoms with Crippen LogP contribution in [0.15, 0.2) is 12.1 Å². The third kappa shape index (κ3) is 5.70. The minimum absolute atomic E-state index is 0.0625. The number of ether oxygens (including phenoxy) is 1. The second kappa shape index (κ2) is 5.92. The monoisotopic (exact) mass is 320 g/mol. The molecule has 0 aromatic carbocycles. The highest BCUT2D eigenvalue weighted by Gasteiger charge is 2.23. The van der Waals surface area contributed by atoms with Gasteiger partial charge in [0.1, 0.15) is 16.2 Å². The van der Waals surface area contributed by atoms with E-state index in [1.807, 2.05) is 0 Å². The summed E-state index contributed by atoms with van der Waals surface area (Å²) in [4.78, 5) is 22.6. The molecular formula is C12H16O6S2. The topological polar surface area (TPSA) is 97.7 Å². The first-order valence-electron chi connectivity index (χ1n) is 5.73. The molecule has 0 saturated heterocycles. The van der Waals surface area contributed by atoms with Crippen LogP contribution in [0.4, 0.5) is 0 Å². The maximum absolute atomic E-state index is 11.8. The smallest absolute Gasteiger partial charge is 0.345 e. The Morgan fingerprint density at radius 3 is 2.35 bits per heavy atom. The molecule has 0 aliphatic carbocycles. The van der Waals surface area contributed by atoms with Crippen molar-refractivity contribution in [1.82, 2.24) is 0 Å². The van der Waals surface area contributed by atoms with Crippen LogP contribution >= 0.6 is 11.3 Å². The zero-order valence-corrected chi connectivity index (χ0v) is 13.0. The molecule has 1 heterocycles. The molecule has 0 bridgehead atoms. The molecule has 0 aliphatic rings. The maximum Gasteiger partial charge on any atom is 0.345 e. The summed E-state index contributed by atoms with van der Waals surface area (Å²) in [6.45, 7) is 4.95. The van der Waals surface area contributed by atoms with E-state index >= 15 is 0 Å². The van der Waals surface area contributed by atoms with Crippen molar-refractivity contribution in [2.75, 3.05) is 5.75 Å². The molecule has 0 fully saturated rings. The van der Waals surface area contributed by atoms with E-state index in [9.17, 15) is 18.0 Å². The number of hydrogen-bond acceptors (Lipinski definition) is 6. The third-order valence-corrected chi connectivity index (χ3v) is 4.67. The SMILES string of the molecule is CC(C)(C)OC(=O)CS(=O)(=O)Cc1ccc(C(=O)O)s1. The first-order chi connectivity index (χ1) is 8.98. The number of esters is 1. The van der Waals surface area contributed by atoms with Crippen molar-refractivity contribution in [3.05, 3.63) is 21.9 Å². The number of carboxylic acid groups (broad SMARTS) is 1. The van der Waals surface area contributed by atoms with Crippen molar-refractivity contribution in [1.29, 1.82) is 0 Å². The molecule has 112 valence electrons. The van der Waals surface area contributed by atoms with Gasteiger partial charge < -0.3 is 9.84 Å². The van der Waals surface area contributed by atoms with Gasteiger partial charge in [-0.25, -0.2) is 13.2 Å². The van der Waals surface area contributed by atoms with Crippen LogP contribution in [-0.2, 0) is 25.1 Å². The average Bonchev–Trinajstić information content (AvgIpc) is 2.60. The molecule has 8 heteroatoms. The Hall–Kier alpha value is -1.41. The normalized spacial score (nSPS) is 12.2. The quantitative estimate of drug-likeness (QED) is 0.829. The lowest BCUT2D eigenvalue weighted by atomic mass is 10.2. The van der Waals surface area contributed by atoms with Gasteiger partial charge in [0.15, 0.2) is 9.84 Å². The lowest BCUT2D eigenvalue weighted by Crippen LogP contribution is -2.28. The highest BCUT2D eigenvalue weighted by molar-refractivity contribution is 7.91. The Labute approximate surface area is 121 Å². The van der Waals surface area contributed by atoms with E-state index in [0.717, 1.165) is 11.3 Å². The zero-order valence-electron chi connectivity index (χ0n) is 11.4. The first-order valence-corrected chi connectivity index (χ1v) is 8.36. The summed E-state index contributed by atoms with van der Waals surface area (Å²) >= 11 is 0.877. The van der Waals surface area contributed by atoms with E-state index in [0.29, 0.717) is 4.88 Å². The zero-order chi connectivity index (χ0) is 15.6. The summed E-state index contributed by atoms with van der Waals surface area (Å²) in [6, 6.07) is 2.77. The second-order valence-corrected chi connectivity index (χ2v) is 8.42. The Morgan fingerprint density at radius 2 is 1.90 bits per heavy atom. The molecule has 0 amide bonds. The van der Waals surface area contributed by atoms with Crippen LogP contribution in [-0.4, -0.2) is 36.8 Å². The van der Waals surface area contributed by atoms with Crippen LogP contribution in [0.3, 0.4) is 0 Å². The number of carbonyl (C=O) groups is 2. The lowest BCUT2D eigenvalue weighted by molar-refractivity contribution is -0.151. The van der Waals surface area contributed by atoms with Gasteiger partial charge in [0.2, 0.25) is 0 Å². The molecule has 1 aromatic rings. The highest BCUT2D eigenvalue weighted by atomic mass is 32.2. The van der Waals surface area contributed by atoms with Crippen LogP contribution in [0.5, 0.6) is 0 Å². The summed E-state index contributed by atoms with van der Waals surface area (Å²) in [5.41, 5.74) is -0.744. The molecule has 0 aliphatic heterocycles. The predicted octanol–water partition coefficient (Wildman–Crippen LogP) is 1.70. The first kappa shape index (κ1) is 16.6. The van der Waals surface area contributed by atoms with Crippen LogP contribution in [0.25, 0.3) is 0 Å². The summed E-state index contributed by atoms with van der Waals surface area (Å²) in [5, 5.41) is 8.76. The number of hydrogen-bond donors (Lipinski definition) is 1. The average molecular weight is 320 g/mol. The summed E-state index contributed by atoms with van der Waals surface area (Å²) in [5.74, 6) is -3.01. The third-order valence-electron chi connectivity index (χ3n) is 1.99. The predicted molar refractivity (Wildman–Crippen MR) is 74.6 cm³/mol. The fourth-order valence-corrected chi connectivity index (χ4v) is 3.85. The van der Waals surface area contributed by atoms with E-state index in [-0.39, 0.29) is 10.6 Å². The number of sulfone groups is 1. The van der Waals surface area contributed by atoms with Crippen molar-refractivity contribution < 1.29 is 27.9 Å². The summed E-state index contributed by atoms with van der Waals surface area (Å²) in [6.07, 6.45) is 0. The number of carboxylic acids is 1. The highest BCUT2D eigenvalue weighted by Crippen LogP contribution is 2.19. The fraction of sp³-hybridized carbons (Fsp3) is 0.500. The van der Waals surface area contributed by atoms with Crippen molar-refractivity contribution in [3.63, 3.8) is 0 Å². The molecule has 0 spiro atoms. The van der Waals surface area contributed by atoms with Gasteiger partial charge in [-0.3, -0.25) is 4.79 Å². The molecule has 1 aromatic heterocycles. The molecule has 0 radical (unpaired) electrons. The Bertz CT molecular complexity index is 606. The van der Waals surface area contributed by atoms with Gasteiger partial charge in [-0.05, 0) is 32.9 Å². The van der Waals surface area contributed by atoms with Crippen LogP contribution < -0.4 is 0 Å². The minimum atomic E-state index is -3.68. The van der Waals surface area contributed by atoms with Gasteiger partial charge >= 0.3 is 11.9 Å². The Balaban J connectivity index is 2.70. The van der Waals surface area contributed by atoms with Gasteiger partial charge in [0.25, 0.3) is 0 Å². The molecule has 0 unspecified atom stereocenters.